The van der Waals surface area contributed by atoms with Crippen molar-refractivity contribution in [3.63, 3.8) is 0 Å². The van der Waals surface area contributed by atoms with Gasteiger partial charge in [-0.3, -0.25) is 9.20 Å². The summed E-state index contributed by atoms with van der Waals surface area (Å²) in [5, 5.41) is 12.7. The van der Waals surface area contributed by atoms with Gasteiger partial charge in [-0.25, -0.2) is 9.78 Å². The normalized spacial score (nSPS) is 16.4. The number of anilines is 1. The maximum atomic E-state index is 13.3. The van der Waals surface area contributed by atoms with E-state index in [1.165, 1.54) is 4.90 Å². The third-order valence-electron chi connectivity index (χ3n) is 5.81. The van der Waals surface area contributed by atoms with Crippen molar-refractivity contribution in [3.05, 3.63) is 64.7 Å². The molecule has 1 amide bonds. The molecule has 162 valence electrons. The molecule has 0 aliphatic carbocycles. The van der Waals surface area contributed by atoms with Gasteiger partial charge in [-0.15, -0.1) is 0 Å². The fourth-order valence-electron chi connectivity index (χ4n) is 4.19. The number of amides is 1. The Balaban J connectivity index is 1.62. The summed E-state index contributed by atoms with van der Waals surface area (Å²) in [7, 11) is 0. The molecule has 2 aromatic heterocycles. The van der Waals surface area contributed by atoms with Crippen LogP contribution in [0.4, 0.5) is 10.5 Å². The van der Waals surface area contributed by atoms with E-state index < -0.39 is 6.09 Å². The average Bonchev–Trinajstić information content (AvgIpc) is 2.79. The summed E-state index contributed by atoms with van der Waals surface area (Å²) in [6.07, 6.45) is 5.44. The Morgan fingerprint density at radius 3 is 2.77 bits per heavy atom. The number of nitrogens with one attached hydrogen (secondary N) is 1. The van der Waals surface area contributed by atoms with Crippen LogP contribution in [0, 0.1) is 0 Å². The van der Waals surface area contributed by atoms with E-state index in [0.717, 1.165) is 49.0 Å². The lowest BCUT2D eigenvalue weighted by Gasteiger charge is -2.31. The van der Waals surface area contributed by atoms with Gasteiger partial charge in [0.25, 0.3) is 5.56 Å². The highest BCUT2D eigenvalue weighted by Gasteiger charge is 2.23. The van der Waals surface area contributed by atoms with Crippen LogP contribution in [0.15, 0.2) is 53.5 Å². The molecule has 3 aromatic rings. The fourth-order valence-corrected chi connectivity index (χ4v) is 4.19. The van der Waals surface area contributed by atoms with Crippen LogP contribution in [0.3, 0.4) is 0 Å². The molecule has 4 rings (SSSR count). The number of aromatic nitrogens is 2. The van der Waals surface area contributed by atoms with Gasteiger partial charge >= 0.3 is 6.09 Å². The maximum Gasteiger partial charge on any atom is 0.407 e. The third kappa shape index (κ3) is 4.55. The summed E-state index contributed by atoms with van der Waals surface area (Å²) >= 11 is 0. The van der Waals surface area contributed by atoms with Crippen molar-refractivity contribution < 1.29 is 9.90 Å². The second-order valence-corrected chi connectivity index (χ2v) is 8.06. The van der Waals surface area contributed by atoms with Crippen molar-refractivity contribution in [2.45, 2.75) is 45.1 Å². The molecule has 1 aliphatic rings. The van der Waals surface area contributed by atoms with Crippen LogP contribution in [-0.4, -0.2) is 44.6 Å². The number of hydrogen-bond donors (Lipinski definition) is 2. The summed E-state index contributed by atoms with van der Waals surface area (Å²) in [6.45, 7) is 3.20. The molecule has 2 N–H and O–H groups in total. The van der Waals surface area contributed by atoms with Crippen molar-refractivity contribution in [2.24, 2.45) is 0 Å². The molecule has 0 radical (unpaired) electrons. The predicted octanol–water partition coefficient (Wildman–Crippen LogP) is 4.26. The Bertz CT molecular complexity index is 1120. The van der Waals surface area contributed by atoms with E-state index in [4.69, 9.17) is 4.98 Å². The van der Waals surface area contributed by atoms with Gasteiger partial charge in [-0.1, -0.05) is 31.5 Å². The van der Waals surface area contributed by atoms with Crippen LogP contribution in [0.1, 0.15) is 38.3 Å². The highest BCUT2D eigenvalue weighted by Crippen LogP contribution is 2.24. The molecule has 1 aliphatic heterocycles. The summed E-state index contributed by atoms with van der Waals surface area (Å²) in [5.74, 6) is 0. The van der Waals surface area contributed by atoms with Crippen LogP contribution >= 0.6 is 0 Å². The molecule has 1 fully saturated rings. The monoisotopic (exact) mass is 420 g/mol. The standard InChI is InChI=1S/C24H28N4O3/c1-2-3-8-20-22(23(29)28-15-5-4-9-21(28)26-20)17-10-12-18(13-11-17)25-19-7-6-14-27(16-19)24(30)31/h4-5,9-13,15,19,25H,2-3,6-8,14,16H2,1H3,(H,30,31). The largest absolute Gasteiger partial charge is 0.465 e. The Hall–Kier alpha value is -3.35. The first-order chi connectivity index (χ1) is 15.1. The molecule has 0 spiro atoms. The number of pyridine rings is 1. The highest BCUT2D eigenvalue weighted by atomic mass is 16.4. The van der Waals surface area contributed by atoms with Crippen LogP contribution in [0.2, 0.25) is 0 Å². The van der Waals surface area contributed by atoms with Crippen LogP contribution in [0.5, 0.6) is 0 Å². The lowest BCUT2D eigenvalue weighted by molar-refractivity contribution is 0.133. The minimum atomic E-state index is -0.870. The SMILES string of the molecule is CCCCc1nc2ccccn2c(=O)c1-c1ccc(NC2CCCN(C(=O)O)C2)cc1. The number of benzene rings is 1. The third-order valence-corrected chi connectivity index (χ3v) is 5.81. The van der Waals surface area contributed by atoms with Gasteiger partial charge in [0.2, 0.25) is 0 Å². The Labute approximate surface area is 181 Å². The molecular formula is C24H28N4O3. The first kappa shape index (κ1) is 20.9. The maximum absolute atomic E-state index is 13.3. The van der Waals surface area contributed by atoms with Crippen LogP contribution in [0.25, 0.3) is 16.8 Å². The molecule has 7 nitrogen and oxygen atoms in total. The number of aryl methyl sites for hydroxylation is 1. The molecule has 3 heterocycles. The van der Waals surface area contributed by atoms with E-state index >= 15 is 0 Å². The number of unbranched alkanes of at least 4 members (excludes halogenated alkanes) is 1. The first-order valence-electron chi connectivity index (χ1n) is 10.9. The van der Waals surface area contributed by atoms with Crippen molar-refractivity contribution in [2.75, 3.05) is 18.4 Å². The van der Waals surface area contributed by atoms with Gasteiger partial charge in [-0.05, 0) is 55.5 Å². The van der Waals surface area contributed by atoms with Crippen molar-refractivity contribution in [1.29, 1.82) is 0 Å². The van der Waals surface area contributed by atoms with E-state index in [-0.39, 0.29) is 11.6 Å². The van der Waals surface area contributed by atoms with Gasteiger partial charge in [0, 0.05) is 31.0 Å². The Morgan fingerprint density at radius 2 is 2.03 bits per heavy atom. The molecule has 31 heavy (non-hydrogen) atoms. The van der Waals surface area contributed by atoms with Crippen LogP contribution in [-0.2, 0) is 6.42 Å². The topological polar surface area (TPSA) is 86.9 Å². The molecule has 0 bridgehead atoms. The molecule has 1 atom stereocenters. The molecule has 1 unspecified atom stereocenters. The van der Waals surface area contributed by atoms with Gasteiger partial charge in [0.15, 0.2) is 0 Å². The quantitative estimate of drug-likeness (QED) is 0.622. The van der Waals surface area contributed by atoms with Crippen LogP contribution < -0.4 is 10.9 Å². The van der Waals surface area contributed by atoms with Gasteiger partial charge < -0.3 is 15.3 Å². The summed E-state index contributed by atoms with van der Waals surface area (Å²) < 4.78 is 1.60. The second-order valence-electron chi connectivity index (χ2n) is 8.06. The van der Waals surface area contributed by atoms with E-state index in [2.05, 4.69) is 12.2 Å². The predicted molar refractivity (Wildman–Crippen MR) is 122 cm³/mol. The Morgan fingerprint density at radius 1 is 1.23 bits per heavy atom. The van der Waals surface area contributed by atoms with Crippen molar-refractivity contribution in [1.82, 2.24) is 14.3 Å². The number of nitrogens with zero attached hydrogens (tertiary/aromatic N) is 3. The van der Waals surface area contributed by atoms with Gasteiger partial charge in [0.1, 0.15) is 5.65 Å². The van der Waals surface area contributed by atoms with E-state index in [9.17, 15) is 14.7 Å². The minimum Gasteiger partial charge on any atom is -0.465 e. The zero-order chi connectivity index (χ0) is 21.8. The second kappa shape index (κ2) is 9.20. The lowest BCUT2D eigenvalue weighted by atomic mass is 10.0. The van der Waals surface area contributed by atoms with Gasteiger partial charge in [0.05, 0.1) is 11.3 Å². The average molecular weight is 421 g/mol. The van der Waals surface area contributed by atoms with E-state index in [1.54, 1.807) is 10.6 Å². The van der Waals surface area contributed by atoms with Crippen molar-refractivity contribution in [3.8, 4) is 11.1 Å². The molecule has 1 saturated heterocycles. The fraction of sp³-hybridized carbons (Fsp3) is 0.375. The number of rotatable bonds is 6. The molecular weight excluding hydrogens is 392 g/mol. The van der Waals surface area contributed by atoms with Crippen molar-refractivity contribution >= 4 is 17.4 Å². The number of hydrogen-bond acceptors (Lipinski definition) is 4. The summed E-state index contributed by atoms with van der Waals surface area (Å²) in [4.78, 5) is 30.7. The molecule has 7 heteroatoms. The summed E-state index contributed by atoms with van der Waals surface area (Å²) in [6, 6.07) is 13.5. The zero-order valence-electron chi connectivity index (χ0n) is 17.8. The minimum absolute atomic E-state index is 0.0539. The number of carbonyl (C=O) groups is 1. The number of likely N-dealkylation sites (tertiary alicyclic amines) is 1. The molecule has 0 saturated carbocycles. The summed E-state index contributed by atoms with van der Waals surface area (Å²) in [5.41, 5.74) is 3.87. The number of fused-ring (bicyclic) bond motifs is 1. The highest BCUT2D eigenvalue weighted by molar-refractivity contribution is 5.69. The molecule has 1 aromatic carbocycles. The first-order valence-corrected chi connectivity index (χ1v) is 10.9. The Kier molecular flexibility index (Phi) is 6.21. The van der Waals surface area contributed by atoms with Gasteiger partial charge in [-0.2, -0.15) is 0 Å². The number of piperidine rings is 1. The van der Waals surface area contributed by atoms with E-state index in [1.807, 2.05) is 42.5 Å². The number of carboxylic acid groups (broad SMARTS) is 1. The zero-order valence-corrected chi connectivity index (χ0v) is 17.8. The smallest absolute Gasteiger partial charge is 0.407 e. The lowest BCUT2D eigenvalue weighted by Crippen LogP contribution is -2.44. The van der Waals surface area contributed by atoms with E-state index in [0.29, 0.717) is 24.3 Å².